The van der Waals surface area contributed by atoms with Crippen molar-refractivity contribution in [2.45, 2.75) is 35.4 Å². The van der Waals surface area contributed by atoms with Gasteiger partial charge >= 0.3 is 0 Å². The summed E-state index contributed by atoms with van der Waals surface area (Å²) in [4.78, 5) is 0.742. The zero-order valence-electron chi connectivity index (χ0n) is 10.5. The van der Waals surface area contributed by atoms with E-state index in [1.807, 2.05) is 0 Å². The first-order chi connectivity index (χ1) is 8.99. The fraction of sp³-hybridized carbons (Fsp3) is 0.538. The third-order valence-corrected chi connectivity index (χ3v) is 6.65. The predicted molar refractivity (Wildman–Crippen MR) is 84.0 cm³/mol. The fourth-order valence-corrected chi connectivity index (χ4v) is 4.44. The van der Waals surface area contributed by atoms with Gasteiger partial charge in [0.2, 0.25) is 10.0 Å². The zero-order valence-corrected chi connectivity index (χ0v) is 14.5. The minimum Gasteiger partial charge on any atom is -0.211 e. The predicted octanol–water partition coefficient (Wildman–Crippen LogP) is 3.68. The molecule has 106 valence electrons. The first kappa shape index (κ1) is 15.5. The van der Waals surface area contributed by atoms with Crippen molar-refractivity contribution in [3.8, 4) is 0 Å². The molecule has 19 heavy (non-hydrogen) atoms. The molecule has 6 heteroatoms. The Morgan fingerprint density at radius 3 is 2.42 bits per heavy atom. The van der Waals surface area contributed by atoms with Crippen LogP contribution in [0.2, 0.25) is 0 Å². The molecule has 1 aliphatic carbocycles. The number of rotatable bonds is 4. The van der Waals surface area contributed by atoms with Gasteiger partial charge in [-0.15, -0.1) is 0 Å². The summed E-state index contributed by atoms with van der Waals surface area (Å²) in [5.74, 6) is 0.388. The van der Waals surface area contributed by atoms with E-state index in [9.17, 15) is 8.42 Å². The number of hydrogen-bond acceptors (Lipinski definition) is 2. The normalized spacial score (nSPS) is 24.3. The standard InChI is InChI=1S/C13H17Br2NO2S/c14-11-5-7-12(8-6-11)19(17,18)16-9-10-3-1-2-4-13(10)15/h5-8,10,13,16H,1-4,9H2. The number of hydrogen-bond donors (Lipinski definition) is 1. The molecular formula is C13H17Br2NO2S. The molecule has 1 aliphatic rings. The van der Waals surface area contributed by atoms with Crippen LogP contribution >= 0.6 is 31.9 Å². The van der Waals surface area contributed by atoms with E-state index in [4.69, 9.17) is 0 Å². The summed E-state index contributed by atoms with van der Waals surface area (Å²) in [5.41, 5.74) is 0. The van der Waals surface area contributed by atoms with Gasteiger partial charge in [0.05, 0.1) is 4.90 Å². The first-order valence-electron chi connectivity index (χ1n) is 6.38. The van der Waals surface area contributed by atoms with Gasteiger partial charge in [0.15, 0.2) is 0 Å². The molecule has 0 aliphatic heterocycles. The molecule has 1 N–H and O–H groups in total. The van der Waals surface area contributed by atoms with Gasteiger partial charge in [-0.05, 0) is 43.0 Å². The van der Waals surface area contributed by atoms with E-state index >= 15 is 0 Å². The Kier molecular flexibility index (Phi) is 5.45. The molecule has 0 spiro atoms. The van der Waals surface area contributed by atoms with Crippen LogP contribution in [0.5, 0.6) is 0 Å². The smallest absolute Gasteiger partial charge is 0.211 e. The van der Waals surface area contributed by atoms with Crippen molar-refractivity contribution in [3.63, 3.8) is 0 Å². The summed E-state index contributed by atoms with van der Waals surface area (Å²) in [5, 5.41) is 0. The van der Waals surface area contributed by atoms with Gasteiger partial charge in [0.1, 0.15) is 0 Å². The minimum atomic E-state index is -3.39. The Hall–Kier alpha value is 0.0900. The van der Waals surface area contributed by atoms with Crippen molar-refractivity contribution in [3.05, 3.63) is 28.7 Å². The Morgan fingerprint density at radius 1 is 1.16 bits per heavy atom. The van der Waals surface area contributed by atoms with Crippen molar-refractivity contribution in [2.75, 3.05) is 6.54 Å². The number of sulfonamides is 1. The Bertz CT molecular complexity index is 516. The van der Waals surface area contributed by atoms with Crippen molar-refractivity contribution in [2.24, 2.45) is 5.92 Å². The highest BCUT2D eigenvalue weighted by Gasteiger charge is 2.24. The van der Waals surface area contributed by atoms with E-state index < -0.39 is 10.0 Å². The molecule has 1 fully saturated rings. The molecule has 2 rings (SSSR count). The molecule has 1 aromatic rings. The van der Waals surface area contributed by atoms with Gasteiger partial charge < -0.3 is 0 Å². The molecule has 2 atom stereocenters. The average molecular weight is 411 g/mol. The van der Waals surface area contributed by atoms with Crippen LogP contribution in [0, 0.1) is 5.92 Å². The van der Waals surface area contributed by atoms with E-state index in [1.165, 1.54) is 12.8 Å². The highest BCUT2D eigenvalue weighted by atomic mass is 79.9. The first-order valence-corrected chi connectivity index (χ1v) is 9.57. The van der Waals surface area contributed by atoms with Crippen LogP contribution in [-0.4, -0.2) is 19.8 Å². The van der Waals surface area contributed by atoms with Crippen molar-refractivity contribution < 1.29 is 8.42 Å². The highest BCUT2D eigenvalue weighted by Crippen LogP contribution is 2.29. The van der Waals surface area contributed by atoms with E-state index in [0.29, 0.717) is 22.2 Å². The van der Waals surface area contributed by atoms with Gasteiger partial charge in [0, 0.05) is 15.8 Å². The molecule has 1 saturated carbocycles. The minimum absolute atomic E-state index is 0.317. The molecule has 0 saturated heterocycles. The van der Waals surface area contributed by atoms with E-state index in [0.717, 1.165) is 17.3 Å². The van der Waals surface area contributed by atoms with Gasteiger partial charge in [-0.3, -0.25) is 0 Å². The van der Waals surface area contributed by atoms with E-state index in [1.54, 1.807) is 24.3 Å². The zero-order chi connectivity index (χ0) is 13.9. The summed E-state index contributed by atoms with van der Waals surface area (Å²) < 4.78 is 27.9. The second-order valence-electron chi connectivity index (χ2n) is 4.87. The maximum Gasteiger partial charge on any atom is 0.240 e. The van der Waals surface area contributed by atoms with Gasteiger partial charge in [-0.2, -0.15) is 0 Å². The lowest BCUT2D eigenvalue weighted by Crippen LogP contribution is -2.34. The van der Waals surface area contributed by atoms with E-state index in [2.05, 4.69) is 36.6 Å². The van der Waals surface area contributed by atoms with Crippen LogP contribution in [-0.2, 0) is 10.0 Å². The Labute approximate surface area is 131 Å². The second kappa shape index (κ2) is 6.70. The highest BCUT2D eigenvalue weighted by molar-refractivity contribution is 9.10. The second-order valence-corrected chi connectivity index (χ2v) is 8.73. The maximum atomic E-state index is 12.2. The molecule has 0 bridgehead atoms. The largest absolute Gasteiger partial charge is 0.240 e. The quantitative estimate of drug-likeness (QED) is 0.769. The third kappa shape index (κ3) is 4.28. The van der Waals surface area contributed by atoms with Crippen LogP contribution in [0.25, 0.3) is 0 Å². The van der Waals surface area contributed by atoms with Crippen molar-refractivity contribution in [1.29, 1.82) is 0 Å². The van der Waals surface area contributed by atoms with Gasteiger partial charge in [-0.25, -0.2) is 13.1 Å². The fourth-order valence-electron chi connectivity index (χ4n) is 2.31. The summed E-state index contributed by atoms with van der Waals surface area (Å²) in [6, 6.07) is 6.70. The van der Waals surface area contributed by atoms with Gasteiger partial charge in [-0.1, -0.05) is 44.7 Å². The van der Waals surface area contributed by atoms with Crippen molar-refractivity contribution >= 4 is 41.9 Å². The van der Waals surface area contributed by atoms with Crippen LogP contribution < -0.4 is 4.72 Å². The van der Waals surface area contributed by atoms with Crippen LogP contribution in [0.1, 0.15) is 25.7 Å². The number of alkyl halides is 1. The molecule has 3 nitrogen and oxygen atoms in total. The number of nitrogens with one attached hydrogen (secondary N) is 1. The van der Waals surface area contributed by atoms with Crippen molar-refractivity contribution in [1.82, 2.24) is 4.72 Å². The topological polar surface area (TPSA) is 46.2 Å². The summed E-state index contributed by atoms with van der Waals surface area (Å²) in [6.07, 6.45) is 4.63. The van der Waals surface area contributed by atoms with Crippen LogP contribution in [0.15, 0.2) is 33.6 Å². The Balaban J connectivity index is 1.99. The number of benzene rings is 1. The molecule has 0 radical (unpaired) electrons. The maximum absolute atomic E-state index is 12.2. The number of halogens is 2. The van der Waals surface area contributed by atoms with Crippen LogP contribution in [0.4, 0.5) is 0 Å². The third-order valence-electron chi connectivity index (χ3n) is 3.48. The lowest BCUT2D eigenvalue weighted by atomic mass is 9.89. The SMILES string of the molecule is O=S(=O)(NCC1CCCCC1Br)c1ccc(Br)cc1. The van der Waals surface area contributed by atoms with Crippen LogP contribution in [0.3, 0.4) is 0 Å². The van der Waals surface area contributed by atoms with E-state index in [-0.39, 0.29) is 0 Å². The summed E-state index contributed by atoms with van der Waals surface area (Å²) in [6.45, 7) is 0.508. The summed E-state index contributed by atoms with van der Waals surface area (Å²) >= 11 is 6.95. The van der Waals surface area contributed by atoms with Gasteiger partial charge in [0.25, 0.3) is 0 Å². The average Bonchev–Trinajstić information content (AvgIpc) is 2.38. The molecule has 1 aromatic carbocycles. The molecule has 2 unspecified atom stereocenters. The lowest BCUT2D eigenvalue weighted by Gasteiger charge is -2.27. The molecule has 0 aromatic heterocycles. The lowest BCUT2D eigenvalue weighted by molar-refractivity contribution is 0.373. The monoisotopic (exact) mass is 409 g/mol. The molecule has 0 heterocycles. The molecular weight excluding hydrogens is 394 g/mol. The Morgan fingerprint density at radius 2 is 1.79 bits per heavy atom. The summed E-state index contributed by atoms with van der Waals surface area (Å²) in [7, 11) is -3.39. The molecule has 0 amide bonds.